The summed E-state index contributed by atoms with van der Waals surface area (Å²) in [5.74, 6) is 0.533. The van der Waals surface area contributed by atoms with Gasteiger partial charge in [0.25, 0.3) is 0 Å². The van der Waals surface area contributed by atoms with E-state index in [-0.39, 0.29) is 0 Å². The zero-order valence-corrected chi connectivity index (χ0v) is 14.1. The summed E-state index contributed by atoms with van der Waals surface area (Å²) in [7, 11) is 7.90. The minimum absolute atomic E-state index is 0.533. The van der Waals surface area contributed by atoms with E-state index in [4.69, 9.17) is 13.2 Å². The number of thiophene rings is 1. The molecule has 23 heavy (non-hydrogen) atoms. The summed E-state index contributed by atoms with van der Waals surface area (Å²) < 4.78 is 0. The number of fused-ring (bicyclic) bond motifs is 1. The minimum atomic E-state index is 0.533. The van der Waals surface area contributed by atoms with Crippen molar-refractivity contribution < 1.29 is 0 Å². The van der Waals surface area contributed by atoms with Crippen molar-refractivity contribution >= 4 is 36.3 Å². The molecule has 0 spiro atoms. The van der Waals surface area contributed by atoms with Crippen LogP contribution in [0.1, 0.15) is 27.1 Å². The Labute approximate surface area is 142 Å². The Morgan fingerprint density at radius 2 is 2.43 bits per heavy atom. The van der Waals surface area contributed by atoms with Crippen molar-refractivity contribution in [3.63, 3.8) is 0 Å². The third kappa shape index (κ3) is 3.23. The first-order valence-electron chi connectivity index (χ1n) is 7.61. The number of hydrogen-bond acceptors (Lipinski definition) is 5. The number of nitrogens with one attached hydrogen (secondary N) is 1. The van der Waals surface area contributed by atoms with Gasteiger partial charge in [-0.3, -0.25) is 0 Å². The van der Waals surface area contributed by atoms with Crippen LogP contribution in [0.25, 0.3) is 6.08 Å². The first-order valence-corrected chi connectivity index (χ1v) is 8.49. The average molecular weight is 323 g/mol. The molecule has 1 aliphatic rings. The van der Waals surface area contributed by atoms with Crippen LogP contribution in [0.5, 0.6) is 0 Å². The predicted molar refractivity (Wildman–Crippen MR) is 99.8 cm³/mol. The van der Waals surface area contributed by atoms with Crippen LogP contribution in [0.4, 0.5) is 5.82 Å². The molecular weight excluding hydrogens is 303 g/mol. The van der Waals surface area contributed by atoms with E-state index in [2.05, 4.69) is 33.2 Å². The van der Waals surface area contributed by atoms with E-state index < -0.39 is 0 Å². The molecule has 0 saturated carbocycles. The number of nitrogens with two attached hydrogens (primary N) is 1. The predicted octanol–water partition coefficient (Wildman–Crippen LogP) is 1.79. The van der Waals surface area contributed by atoms with Crippen LogP contribution >= 0.6 is 11.3 Å². The van der Waals surface area contributed by atoms with Crippen molar-refractivity contribution in [2.45, 2.75) is 19.5 Å². The number of pyridine rings is 1. The van der Waals surface area contributed by atoms with Gasteiger partial charge in [-0.05, 0) is 0 Å². The zero-order valence-electron chi connectivity index (χ0n) is 13.3. The van der Waals surface area contributed by atoms with Crippen LogP contribution in [0.2, 0.25) is 0 Å². The number of hydrogen-bond donors (Lipinski definition) is 2. The van der Waals surface area contributed by atoms with E-state index in [1.54, 1.807) is 17.4 Å². The Hall–Kier alpha value is -1.92. The van der Waals surface area contributed by atoms with Crippen molar-refractivity contribution in [1.29, 1.82) is 0 Å². The summed E-state index contributed by atoms with van der Waals surface area (Å²) in [4.78, 5) is 8.08. The molecule has 3 rings (SSSR count). The number of nitrogen functional groups attached to an aromatic ring is 1. The molecule has 0 fully saturated rings. The maximum atomic E-state index is 6.04. The molecule has 0 amide bonds. The molecule has 2 aromatic rings. The van der Waals surface area contributed by atoms with Gasteiger partial charge in [0, 0.05) is 0 Å². The molecule has 117 valence electrons. The van der Waals surface area contributed by atoms with Gasteiger partial charge in [-0.1, -0.05) is 0 Å². The molecule has 3 N–H and O–H groups in total. The summed E-state index contributed by atoms with van der Waals surface area (Å²) >= 11 is 1.79. The van der Waals surface area contributed by atoms with Crippen LogP contribution in [-0.2, 0) is 19.5 Å². The van der Waals surface area contributed by atoms with Gasteiger partial charge in [0.1, 0.15) is 0 Å². The fraction of sp³-hybridized carbons (Fsp3) is 0.294. The van der Waals surface area contributed by atoms with Crippen LogP contribution < -0.4 is 11.1 Å². The maximum absolute atomic E-state index is 6.04. The third-order valence-corrected chi connectivity index (χ3v) is 5.23. The Morgan fingerprint density at radius 3 is 3.17 bits per heavy atom. The van der Waals surface area contributed by atoms with Gasteiger partial charge < -0.3 is 0 Å². The monoisotopic (exact) mass is 323 g/mol. The molecule has 0 aliphatic carbocycles. The van der Waals surface area contributed by atoms with Crippen molar-refractivity contribution in [1.82, 2.24) is 15.2 Å². The van der Waals surface area contributed by atoms with Crippen molar-refractivity contribution in [3.05, 3.63) is 51.4 Å². The van der Waals surface area contributed by atoms with E-state index in [1.165, 1.54) is 10.4 Å². The van der Waals surface area contributed by atoms with Gasteiger partial charge in [-0.15, -0.1) is 0 Å². The fourth-order valence-electron chi connectivity index (χ4n) is 2.92. The van der Waals surface area contributed by atoms with Gasteiger partial charge >= 0.3 is 142 Å². The second-order valence-corrected chi connectivity index (χ2v) is 6.66. The quantitative estimate of drug-likeness (QED) is 0.824. The summed E-state index contributed by atoms with van der Waals surface area (Å²) in [5, 5.41) is 5.20. The summed E-state index contributed by atoms with van der Waals surface area (Å²) in [5.41, 5.74) is 11.2. The van der Waals surface area contributed by atoms with Gasteiger partial charge in [0.2, 0.25) is 0 Å². The molecule has 0 atom stereocenters. The molecule has 0 unspecified atom stereocenters. The van der Waals surface area contributed by atoms with Crippen LogP contribution in [0.3, 0.4) is 0 Å². The Bertz CT molecular complexity index is 753. The molecular formula is C17H20BN4S. The summed E-state index contributed by atoms with van der Waals surface area (Å²) in [6.45, 7) is 6.62. The molecule has 0 bridgehead atoms. The molecule has 1 aliphatic heterocycles. The molecule has 2 aromatic heterocycles. The first-order chi connectivity index (χ1) is 11.1. The van der Waals surface area contributed by atoms with E-state index in [0.717, 1.165) is 48.3 Å². The van der Waals surface area contributed by atoms with Gasteiger partial charge in [0.05, 0.1) is 0 Å². The van der Waals surface area contributed by atoms with Gasteiger partial charge in [0.15, 0.2) is 0 Å². The fourth-order valence-corrected chi connectivity index (χ4v) is 4.06. The Morgan fingerprint density at radius 1 is 1.61 bits per heavy atom. The Balaban J connectivity index is 1.74. The molecule has 0 saturated heterocycles. The molecule has 3 heterocycles. The standard InChI is InChI=1S/C17H20BN4S/c1-3-12-6-11(7-21-17(12)19)8-22-5-4-13-14(16(18)20-2)10-23-15(13)9-22/h3,6-7,10,20H,1,4-5,8-9H2,2H3,(H2,19,21). The second kappa shape index (κ2) is 6.68. The van der Waals surface area contributed by atoms with Crippen molar-refractivity contribution in [2.75, 3.05) is 19.3 Å². The second-order valence-electron chi connectivity index (χ2n) is 5.70. The van der Waals surface area contributed by atoms with Crippen LogP contribution in [0, 0.1) is 0 Å². The summed E-state index contributed by atoms with van der Waals surface area (Å²) in [6, 6.07) is 2.07. The summed E-state index contributed by atoms with van der Waals surface area (Å²) in [6.07, 6.45) is 4.62. The van der Waals surface area contributed by atoms with Crippen molar-refractivity contribution in [2.24, 2.45) is 0 Å². The zero-order chi connectivity index (χ0) is 16.4. The van der Waals surface area contributed by atoms with Crippen molar-refractivity contribution in [3.8, 4) is 0 Å². The van der Waals surface area contributed by atoms with E-state index >= 15 is 0 Å². The van der Waals surface area contributed by atoms with Crippen LogP contribution in [0.15, 0.2) is 24.2 Å². The van der Waals surface area contributed by atoms with E-state index in [9.17, 15) is 0 Å². The van der Waals surface area contributed by atoms with E-state index in [1.807, 2.05) is 13.2 Å². The van der Waals surface area contributed by atoms with Gasteiger partial charge in [-0.25, -0.2) is 0 Å². The first kappa shape index (κ1) is 16.0. The SMILES string of the molecule is [B]=C(NC)c1csc2c1CCN(Cc1cnc(N)c(C=C)c1)C2. The number of aromatic nitrogens is 1. The number of rotatable bonds is 5. The number of nitrogens with zero attached hydrogens (tertiary/aromatic N) is 2. The molecule has 1 radical (unpaired) electrons. The number of anilines is 1. The molecule has 6 heteroatoms. The normalized spacial score (nSPS) is 14.3. The van der Waals surface area contributed by atoms with Crippen LogP contribution in [-0.4, -0.2) is 36.6 Å². The van der Waals surface area contributed by atoms with Gasteiger partial charge in [-0.2, -0.15) is 0 Å². The third-order valence-electron chi connectivity index (χ3n) is 4.22. The van der Waals surface area contributed by atoms with E-state index in [0.29, 0.717) is 5.82 Å². The molecule has 4 nitrogen and oxygen atoms in total. The molecule has 0 aromatic carbocycles. The topological polar surface area (TPSA) is 54.2 Å². The Kier molecular flexibility index (Phi) is 4.64. The average Bonchev–Trinajstić information content (AvgIpc) is 2.99.